The zero-order chi connectivity index (χ0) is 39.7. The van der Waals surface area contributed by atoms with Gasteiger partial charge in [0.2, 0.25) is 0 Å². The molecule has 0 bridgehead atoms. The highest BCUT2D eigenvalue weighted by molar-refractivity contribution is 6.32. The molecule has 11 aromatic rings. The van der Waals surface area contributed by atoms with Crippen molar-refractivity contribution in [2.75, 3.05) is 4.90 Å². The van der Waals surface area contributed by atoms with Crippen LogP contribution in [0.5, 0.6) is 0 Å². The number of fused-ring (bicyclic) bond motifs is 12. The van der Waals surface area contributed by atoms with Gasteiger partial charge in [0, 0.05) is 49.1 Å². The molecule has 0 aliphatic heterocycles. The van der Waals surface area contributed by atoms with Crippen molar-refractivity contribution >= 4 is 87.9 Å². The first-order valence-electron chi connectivity index (χ1n) is 20.5. The second-order valence-corrected chi connectivity index (χ2v) is 18.3. The van der Waals surface area contributed by atoms with Crippen molar-refractivity contribution < 1.29 is 4.42 Å². The minimum Gasteiger partial charge on any atom is -0.456 e. The van der Waals surface area contributed by atoms with Crippen LogP contribution in [0, 0.1) is 6.92 Å². The van der Waals surface area contributed by atoms with E-state index < -0.39 is 0 Å². The summed E-state index contributed by atoms with van der Waals surface area (Å²) in [5.74, 6) is 0. The number of aryl methyl sites for hydroxylation is 1. The maximum absolute atomic E-state index is 6.46. The fourth-order valence-corrected chi connectivity index (χ4v) is 9.46. The van der Waals surface area contributed by atoms with Crippen LogP contribution in [-0.4, -0.2) is 4.40 Å². The van der Waals surface area contributed by atoms with Crippen LogP contribution in [0.2, 0.25) is 0 Å². The third-order valence-electron chi connectivity index (χ3n) is 12.4. The van der Waals surface area contributed by atoms with Crippen molar-refractivity contribution in [3.63, 3.8) is 0 Å². The topological polar surface area (TPSA) is 20.8 Å². The third-order valence-corrected chi connectivity index (χ3v) is 12.4. The van der Waals surface area contributed by atoms with Crippen LogP contribution in [0.1, 0.15) is 58.2 Å². The van der Waals surface area contributed by atoms with Crippen molar-refractivity contribution in [3.05, 3.63) is 168 Å². The van der Waals surface area contributed by atoms with Gasteiger partial charge in [0.15, 0.2) is 0 Å². The van der Waals surface area contributed by atoms with Crippen LogP contribution >= 0.6 is 0 Å². The van der Waals surface area contributed by atoms with Crippen LogP contribution in [0.4, 0.5) is 17.1 Å². The van der Waals surface area contributed by atoms with E-state index in [0.29, 0.717) is 0 Å². The van der Waals surface area contributed by atoms with Gasteiger partial charge in [0.05, 0.1) is 22.2 Å². The average Bonchev–Trinajstić information content (AvgIpc) is 3.87. The highest BCUT2D eigenvalue weighted by atomic mass is 16.3. The molecular weight excluding hydrogens is 705 g/mol. The standard InChI is InChI=1S/C55H46N2O/c1-33-19-21-44-49(29-33)58-48-28-25-41-40(50(44)48)22-23-42-43-24-27-47(51-45-32-37(55(5,6)7)20-26-46(45)57(52(41)42)53(43)51)56(39-18-12-16-36(31-39)54(2,3)4)38-17-11-15-35(30-38)34-13-9-8-10-14-34/h8-32H,1-7H3. The Balaban J connectivity index is 1.28. The molecule has 0 fully saturated rings. The summed E-state index contributed by atoms with van der Waals surface area (Å²) in [6, 6.07) is 56.5. The maximum Gasteiger partial charge on any atom is 0.136 e. The highest BCUT2D eigenvalue weighted by Gasteiger charge is 2.27. The van der Waals surface area contributed by atoms with Gasteiger partial charge in [-0.15, -0.1) is 0 Å². The lowest BCUT2D eigenvalue weighted by Crippen LogP contribution is -2.14. The minimum absolute atomic E-state index is 0.0133. The van der Waals surface area contributed by atoms with Crippen molar-refractivity contribution in [2.24, 2.45) is 0 Å². The Labute approximate surface area is 339 Å². The van der Waals surface area contributed by atoms with E-state index >= 15 is 0 Å². The monoisotopic (exact) mass is 750 g/mol. The van der Waals surface area contributed by atoms with Gasteiger partial charge in [0.1, 0.15) is 11.2 Å². The summed E-state index contributed by atoms with van der Waals surface area (Å²) in [6.07, 6.45) is 0. The minimum atomic E-state index is -0.0217. The molecular formula is C55H46N2O. The second kappa shape index (κ2) is 12.2. The zero-order valence-electron chi connectivity index (χ0n) is 34.2. The molecule has 8 aromatic carbocycles. The molecule has 0 unspecified atom stereocenters. The van der Waals surface area contributed by atoms with E-state index in [1.54, 1.807) is 0 Å². The van der Waals surface area contributed by atoms with Crippen LogP contribution in [0.3, 0.4) is 0 Å². The molecule has 0 saturated carbocycles. The molecule has 3 heteroatoms. The Bertz CT molecular complexity index is 3420. The van der Waals surface area contributed by atoms with Gasteiger partial charge in [-0.1, -0.05) is 133 Å². The molecule has 3 aromatic heterocycles. The number of nitrogens with zero attached hydrogens (tertiary/aromatic N) is 2. The number of benzene rings is 8. The number of rotatable bonds is 4. The predicted octanol–water partition coefficient (Wildman–Crippen LogP) is 15.9. The lowest BCUT2D eigenvalue weighted by molar-refractivity contribution is 0.590. The number of furan rings is 1. The third kappa shape index (κ3) is 5.12. The molecule has 0 saturated heterocycles. The summed E-state index contributed by atoms with van der Waals surface area (Å²) < 4.78 is 9.03. The predicted molar refractivity (Wildman–Crippen MR) is 248 cm³/mol. The van der Waals surface area contributed by atoms with Crippen molar-refractivity contribution in [3.8, 4) is 11.1 Å². The lowest BCUT2D eigenvalue weighted by atomic mass is 9.86. The highest BCUT2D eigenvalue weighted by Crippen LogP contribution is 2.50. The van der Waals surface area contributed by atoms with Gasteiger partial charge in [-0.3, -0.25) is 0 Å². The fourth-order valence-electron chi connectivity index (χ4n) is 9.46. The van der Waals surface area contributed by atoms with Gasteiger partial charge in [0.25, 0.3) is 0 Å². The molecule has 0 aliphatic rings. The molecule has 0 radical (unpaired) electrons. The summed E-state index contributed by atoms with van der Waals surface area (Å²) in [7, 11) is 0. The van der Waals surface area contributed by atoms with Crippen LogP contribution < -0.4 is 4.90 Å². The van der Waals surface area contributed by atoms with Gasteiger partial charge < -0.3 is 13.7 Å². The summed E-state index contributed by atoms with van der Waals surface area (Å²) in [4.78, 5) is 2.50. The van der Waals surface area contributed by atoms with Gasteiger partial charge in [-0.25, -0.2) is 0 Å². The van der Waals surface area contributed by atoms with Crippen LogP contribution in [-0.2, 0) is 10.8 Å². The number of hydrogen-bond donors (Lipinski definition) is 0. The molecule has 0 aliphatic carbocycles. The number of anilines is 3. The average molecular weight is 751 g/mol. The Morgan fingerprint density at radius 3 is 1.88 bits per heavy atom. The molecule has 11 rings (SSSR count). The Kier molecular flexibility index (Phi) is 7.30. The maximum atomic E-state index is 6.46. The van der Waals surface area contributed by atoms with Crippen molar-refractivity contribution in [1.29, 1.82) is 0 Å². The van der Waals surface area contributed by atoms with Crippen molar-refractivity contribution in [1.82, 2.24) is 4.40 Å². The lowest BCUT2D eigenvalue weighted by Gasteiger charge is -2.29. The van der Waals surface area contributed by atoms with E-state index in [2.05, 4.69) is 209 Å². The van der Waals surface area contributed by atoms with E-state index in [4.69, 9.17) is 4.42 Å². The smallest absolute Gasteiger partial charge is 0.136 e. The van der Waals surface area contributed by atoms with E-state index in [1.165, 1.54) is 87.8 Å². The van der Waals surface area contributed by atoms with Crippen LogP contribution in [0.25, 0.3) is 81.9 Å². The first kappa shape index (κ1) is 34.7. The number of hydrogen-bond acceptors (Lipinski definition) is 2. The molecule has 0 atom stereocenters. The van der Waals surface area contributed by atoms with E-state index in [-0.39, 0.29) is 10.8 Å². The van der Waals surface area contributed by atoms with E-state index in [0.717, 1.165) is 27.9 Å². The van der Waals surface area contributed by atoms with Gasteiger partial charge in [-0.2, -0.15) is 0 Å². The first-order valence-corrected chi connectivity index (χ1v) is 20.5. The zero-order valence-corrected chi connectivity index (χ0v) is 34.2. The summed E-state index contributed by atoms with van der Waals surface area (Å²) in [5.41, 5.74) is 15.2. The first-order chi connectivity index (χ1) is 27.9. The normalized spacial score (nSPS) is 12.7. The molecule has 3 nitrogen and oxygen atoms in total. The Hall–Kier alpha value is -6.58. The largest absolute Gasteiger partial charge is 0.456 e. The van der Waals surface area contributed by atoms with E-state index in [1.807, 2.05) is 0 Å². The SMILES string of the molecule is Cc1ccc2c(c1)oc1ccc3c(ccc4c5ccc(N(c6cccc(-c7ccccc7)c6)c6cccc(C(C)(C)C)c6)c6c7cc(C(C)(C)C)ccc7n(c34)c56)c12. The van der Waals surface area contributed by atoms with Crippen LogP contribution in [0.15, 0.2) is 156 Å². The van der Waals surface area contributed by atoms with Gasteiger partial charge in [-0.05, 0) is 112 Å². The molecule has 0 N–H and O–H groups in total. The van der Waals surface area contributed by atoms with Gasteiger partial charge >= 0.3 is 0 Å². The summed E-state index contributed by atoms with van der Waals surface area (Å²) in [6.45, 7) is 16.0. The van der Waals surface area contributed by atoms with Crippen molar-refractivity contribution in [2.45, 2.75) is 59.3 Å². The molecule has 282 valence electrons. The Morgan fingerprint density at radius 1 is 0.448 bits per heavy atom. The fraction of sp³-hybridized carbons (Fsp3) is 0.164. The quantitative estimate of drug-likeness (QED) is 0.179. The molecule has 0 spiro atoms. The second-order valence-electron chi connectivity index (χ2n) is 18.3. The molecule has 58 heavy (non-hydrogen) atoms. The summed E-state index contributed by atoms with van der Waals surface area (Å²) in [5, 5.41) is 9.84. The molecule has 0 amide bonds. The number of aromatic nitrogens is 1. The summed E-state index contributed by atoms with van der Waals surface area (Å²) >= 11 is 0. The van der Waals surface area contributed by atoms with E-state index in [9.17, 15) is 0 Å². The Morgan fingerprint density at radius 2 is 1.09 bits per heavy atom. The molecule has 3 heterocycles.